The van der Waals surface area contributed by atoms with Gasteiger partial charge in [-0.05, 0) is 49.2 Å². The molecule has 0 bridgehead atoms. The number of anilines is 1. The highest BCUT2D eigenvalue weighted by molar-refractivity contribution is 6.02. The lowest BCUT2D eigenvalue weighted by Gasteiger charge is -2.12. The van der Waals surface area contributed by atoms with E-state index in [0.717, 1.165) is 23.3 Å². The zero-order valence-electron chi connectivity index (χ0n) is 14.1. The van der Waals surface area contributed by atoms with Crippen molar-refractivity contribution in [1.82, 2.24) is 5.32 Å². The maximum Gasteiger partial charge on any atom is 0.416 e. The minimum Gasteiger partial charge on any atom is -0.484 e. The van der Waals surface area contributed by atoms with Gasteiger partial charge in [-0.2, -0.15) is 13.2 Å². The van der Waals surface area contributed by atoms with Crippen LogP contribution in [0.15, 0.2) is 42.5 Å². The number of carbonyl (C=O) groups is 2. The third-order valence-electron chi connectivity index (χ3n) is 3.64. The quantitative estimate of drug-likeness (QED) is 0.858. The van der Waals surface area contributed by atoms with Crippen LogP contribution in [0.5, 0.6) is 5.75 Å². The van der Waals surface area contributed by atoms with Gasteiger partial charge in [0.15, 0.2) is 6.61 Å². The second-order valence-corrected chi connectivity index (χ2v) is 5.56. The summed E-state index contributed by atoms with van der Waals surface area (Å²) in [5.41, 5.74) is 1.49. The van der Waals surface area contributed by atoms with Crippen molar-refractivity contribution in [3.8, 4) is 5.75 Å². The Morgan fingerprint density at radius 2 is 1.77 bits per heavy atom. The van der Waals surface area contributed by atoms with Crippen molar-refractivity contribution in [2.45, 2.75) is 20.0 Å². The van der Waals surface area contributed by atoms with Gasteiger partial charge < -0.3 is 10.1 Å². The van der Waals surface area contributed by atoms with Crippen LogP contribution in [0.25, 0.3) is 0 Å². The van der Waals surface area contributed by atoms with Gasteiger partial charge in [-0.15, -0.1) is 0 Å². The van der Waals surface area contributed by atoms with Crippen molar-refractivity contribution >= 4 is 17.6 Å². The Hall–Kier alpha value is -3.03. The van der Waals surface area contributed by atoms with Gasteiger partial charge in [-0.25, -0.2) is 4.79 Å². The molecule has 0 aliphatic carbocycles. The fraction of sp³-hybridized carbons (Fsp3) is 0.222. The van der Waals surface area contributed by atoms with Gasteiger partial charge >= 0.3 is 12.2 Å². The third-order valence-corrected chi connectivity index (χ3v) is 3.64. The second kappa shape index (κ2) is 7.90. The topological polar surface area (TPSA) is 67.4 Å². The number of rotatable bonds is 4. The lowest BCUT2D eigenvalue weighted by molar-refractivity contribution is -0.137. The summed E-state index contributed by atoms with van der Waals surface area (Å²) in [6.07, 6.45) is -4.51. The maximum atomic E-state index is 12.6. The average molecular weight is 366 g/mol. The molecule has 26 heavy (non-hydrogen) atoms. The molecule has 2 N–H and O–H groups in total. The Labute approximate surface area is 148 Å². The molecule has 0 aromatic heterocycles. The fourth-order valence-electron chi connectivity index (χ4n) is 2.11. The Kier molecular flexibility index (Phi) is 5.86. The summed E-state index contributed by atoms with van der Waals surface area (Å²) < 4.78 is 42.9. The van der Waals surface area contributed by atoms with Crippen molar-refractivity contribution in [3.05, 3.63) is 59.2 Å². The number of halogens is 3. The summed E-state index contributed by atoms with van der Waals surface area (Å²) in [5.74, 6) is -0.907. The van der Waals surface area contributed by atoms with Crippen LogP contribution >= 0.6 is 0 Å². The number of carbonyl (C=O) groups excluding carboxylic acids is 2. The molecule has 0 heterocycles. The SMILES string of the molecule is Cc1cccc(NC(=O)NC(=O)COc2cccc(C(F)(F)F)c2)c1C. The summed E-state index contributed by atoms with van der Waals surface area (Å²) in [7, 11) is 0. The number of aryl methyl sites for hydroxylation is 1. The van der Waals surface area contributed by atoms with E-state index in [0.29, 0.717) is 5.69 Å². The molecular formula is C18H17F3N2O3. The van der Waals surface area contributed by atoms with Crippen LogP contribution < -0.4 is 15.4 Å². The van der Waals surface area contributed by atoms with E-state index in [4.69, 9.17) is 4.74 Å². The number of amides is 3. The van der Waals surface area contributed by atoms with Crippen molar-refractivity contribution in [2.24, 2.45) is 0 Å². The molecule has 0 saturated heterocycles. The summed E-state index contributed by atoms with van der Waals surface area (Å²) in [6, 6.07) is 8.71. The highest BCUT2D eigenvalue weighted by Crippen LogP contribution is 2.31. The normalized spacial score (nSPS) is 11.0. The molecule has 0 aliphatic rings. The van der Waals surface area contributed by atoms with Gasteiger partial charge in [0.1, 0.15) is 5.75 Å². The fourth-order valence-corrected chi connectivity index (χ4v) is 2.11. The molecule has 138 valence electrons. The minimum atomic E-state index is -4.51. The molecule has 0 aliphatic heterocycles. The first kappa shape index (κ1) is 19.3. The van der Waals surface area contributed by atoms with E-state index in [1.54, 1.807) is 12.1 Å². The summed E-state index contributed by atoms with van der Waals surface area (Å²) >= 11 is 0. The van der Waals surface area contributed by atoms with E-state index in [-0.39, 0.29) is 5.75 Å². The number of urea groups is 1. The number of benzene rings is 2. The van der Waals surface area contributed by atoms with Gasteiger partial charge in [0, 0.05) is 5.69 Å². The second-order valence-electron chi connectivity index (χ2n) is 5.56. The maximum absolute atomic E-state index is 12.6. The number of nitrogens with one attached hydrogen (secondary N) is 2. The molecule has 0 fully saturated rings. The molecule has 5 nitrogen and oxygen atoms in total. The van der Waals surface area contributed by atoms with Crippen molar-refractivity contribution < 1.29 is 27.5 Å². The lowest BCUT2D eigenvalue weighted by Crippen LogP contribution is -2.37. The van der Waals surface area contributed by atoms with Crippen LogP contribution in [0.4, 0.5) is 23.7 Å². The van der Waals surface area contributed by atoms with Crippen molar-refractivity contribution in [2.75, 3.05) is 11.9 Å². The van der Waals surface area contributed by atoms with Crippen molar-refractivity contribution in [3.63, 3.8) is 0 Å². The van der Waals surface area contributed by atoms with Crippen LogP contribution in [0.2, 0.25) is 0 Å². The Morgan fingerprint density at radius 3 is 2.46 bits per heavy atom. The molecule has 8 heteroatoms. The number of hydrogen-bond donors (Lipinski definition) is 2. The van der Waals surface area contributed by atoms with E-state index in [1.165, 1.54) is 12.1 Å². The van der Waals surface area contributed by atoms with E-state index >= 15 is 0 Å². The van der Waals surface area contributed by atoms with E-state index in [1.807, 2.05) is 19.9 Å². The lowest BCUT2D eigenvalue weighted by atomic mass is 10.1. The zero-order chi connectivity index (χ0) is 19.3. The van der Waals surface area contributed by atoms with Crippen molar-refractivity contribution in [1.29, 1.82) is 0 Å². The number of hydrogen-bond acceptors (Lipinski definition) is 3. The van der Waals surface area contributed by atoms with E-state index < -0.39 is 30.3 Å². The first-order valence-electron chi connectivity index (χ1n) is 7.64. The standard InChI is InChI=1S/C18H17F3N2O3/c1-11-5-3-8-15(12(11)2)22-17(25)23-16(24)10-26-14-7-4-6-13(9-14)18(19,20)21/h3-9H,10H2,1-2H3,(H2,22,23,24,25). The predicted octanol–water partition coefficient (Wildman–Crippen LogP) is 4.05. The molecule has 2 rings (SSSR count). The summed E-state index contributed by atoms with van der Waals surface area (Å²) in [5, 5.41) is 4.59. The van der Waals surface area contributed by atoms with Crippen LogP contribution in [-0.2, 0) is 11.0 Å². The largest absolute Gasteiger partial charge is 0.484 e. The van der Waals surface area contributed by atoms with Gasteiger partial charge in [-0.3, -0.25) is 10.1 Å². The van der Waals surface area contributed by atoms with E-state index in [9.17, 15) is 22.8 Å². The Morgan fingerprint density at radius 1 is 1.08 bits per heavy atom. The molecule has 0 unspecified atom stereocenters. The number of ether oxygens (including phenoxy) is 1. The van der Waals surface area contributed by atoms with Gasteiger partial charge in [-0.1, -0.05) is 18.2 Å². The van der Waals surface area contributed by atoms with Gasteiger partial charge in [0.05, 0.1) is 5.56 Å². The predicted molar refractivity (Wildman–Crippen MR) is 90.0 cm³/mol. The highest BCUT2D eigenvalue weighted by atomic mass is 19.4. The van der Waals surface area contributed by atoms with Crippen LogP contribution in [0.3, 0.4) is 0 Å². The molecule has 0 radical (unpaired) electrons. The third kappa shape index (κ3) is 5.23. The molecule has 0 atom stereocenters. The molecule has 2 aromatic carbocycles. The van der Waals surface area contributed by atoms with Crippen LogP contribution in [0.1, 0.15) is 16.7 Å². The first-order chi connectivity index (χ1) is 12.2. The molecule has 0 spiro atoms. The number of imide groups is 1. The summed E-state index contributed by atoms with van der Waals surface area (Å²) in [4.78, 5) is 23.6. The monoisotopic (exact) mass is 366 g/mol. The zero-order valence-corrected chi connectivity index (χ0v) is 14.1. The smallest absolute Gasteiger partial charge is 0.416 e. The molecule has 0 saturated carbocycles. The highest BCUT2D eigenvalue weighted by Gasteiger charge is 2.30. The van der Waals surface area contributed by atoms with Gasteiger partial charge in [0.2, 0.25) is 0 Å². The summed E-state index contributed by atoms with van der Waals surface area (Å²) in [6.45, 7) is 3.11. The minimum absolute atomic E-state index is 0.120. The van der Waals surface area contributed by atoms with Gasteiger partial charge in [0.25, 0.3) is 5.91 Å². The van der Waals surface area contributed by atoms with E-state index in [2.05, 4.69) is 10.6 Å². The number of alkyl halides is 3. The Balaban J connectivity index is 1.89. The average Bonchev–Trinajstić information content (AvgIpc) is 2.56. The van der Waals surface area contributed by atoms with Crippen LogP contribution in [-0.4, -0.2) is 18.5 Å². The molecular weight excluding hydrogens is 349 g/mol. The first-order valence-corrected chi connectivity index (χ1v) is 7.64. The van der Waals surface area contributed by atoms with Crippen LogP contribution in [0, 0.1) is 13.8 Å². The Bertz CT molecular complexity index is 820. The molecule has 2 aromatic rings. The molecule has 3 amide bonds.